The van der Waals surface area contributed by atoms with E-state index < -0.39 is 5.54 Å². The van der Waals surface area contributed by atoms with Crippen LogP contribution in [0, 0.1) is 0 Å². The second kappa shape index (κ2) is 5.52. The molecule has 0 spiro atoms. The van der Waals surface area contributed by atoms with Gasteiger partial charge in [0.15, 0.2) is 5.78 Å². The lowest BCUT2D eigenvalue weighted by molar-refractivity contribution is -0.152. The van der Waals surface area contributed by atoms with E-state index in [1.807, 2.05) is 31.2 Å². The van der Waals surface area contributed by atoms with Crippen molar-refractivity contribution in [1.29, 1.82) is 0 Å². The summed E-state index contributed by atoms with van der Waals surface area (Å²) in [6, 6.07) is 7.65. The number of nitrogens with zero attached hydrogens (tertiary/aromatic N) is 1. The Morgan fingerprint density at radius 3 is 2.55 bits per heavy atom. The van der Waals surface area contributed by atoms with Gasteiger partial charge in [-0.2, -0.15) is 0 Å². The van der Waals surface area contributed by atoms with E-state index >= 15 is 0 Å². The van der Waals surface area contributed by atoms with Gasteiger partial charge in [0.25, 0.3) is 11.8 Å². The van der Waals surface area contributed by atoms with Crippen LogP contribution in [0.1, 0.15) is 43.7 Å². The maximum Gasteiger partial charge on any atom is 0.254 e. The lowest BCUT2D eigenvalue weighted by Gasteiger charge is -2.37. The predicted molar refractivity (Wildman–Crippen MR) is 82.0 cm³/mol. The minimum atomic E-state index is -1.11. The molecule has 1 atom stereocenters. The van der Waals surface area contributed by atoms with E-state index in [-0.39, 0.29) is 17.6 Å². The van der Waals surface area contributed by atoms with Gasteiger partial charge in [-0.05, 0) is 30.4 Å². The molecule has 0 N–H and O–H groups in total. The molecule has 0 aromatic heterocycles. The van der Waals surface area contributed by atoms with Crippen LogP contribution >= 0.6 is 0 Å². The smallest absolute Gasteiger partial charge is 0.254 e. The Hall–Kier alpha value is -2.23. The molecule has 0 saturated carbocycles. The number of imide groups is 1. The summed E-state index contributed by atoms with van der Waals surface area (Å²) in [5.41, 5.74) is 0.769. The van der Waals surface area contributed by atoms with Gasteiger partial charge in [0.05, 0.1) is 0 Å². The standard InChI is InChI=1S/C18H19NO3/c1-2-3-8-15(20)18(19-16(21)9-10-17(19)22)12-11-13-6-4-5-7-14(13)18/h4-7,9-10H,2-3,8,11-12H2,1H3. The monoisotopic (exact) mass is 297 g/mol. The molecule has 2 aliphatic rings. The number of Topliss-reactive ketones (excluding diaryl/α,β-unsaturated/α-hetero) is 1. The SMILES string of the molecule is CCCCC(=O)C1(N2C(=O)C=CC2=O)CCc2ccccc21. The topological polar surface area (TPSA) is 54.5 Å². The van der Waals surface area contributed by atoms with Crippen molar-refractivity contribution >= 4 is 17.6 Å². The third kappa shape index (κ3) is 2.02. The fraction of sp³-hybridized carbons (Fsp3) is 0.389. The molecule has 4 heteroatoms. The highest BCUT2D eigenvalue weighted by molar-refractivity contribution is 6.16. The maximum atomic E-state index is 13.0. The Labute approximate surface area is 129 Å². The molecule has 114 valence electrons. The molecule has 22 heavy (non-hydrogen) atoms. The number of aryl methyl sites for hydroxylation is 1. The van der Waals surface area contributed by atoms with Crippen LogP contribution in [-0.2, 0) is 26.3 Å². The molecule has 4 nitrogen and oxygen atoms in total. The van der Waals surface area contributed by atoms with Crippen molar-refractivity contribution in [2.45, 2.75) is 44.6 Å². The summed E-state index contributed by atoms with van der Waals surface area (Å²) in [5, 5.41) is 0. The molecule has 3 rings (SSSR count). The highest BCUT2D eigenvalue weighted by Crippen LogP contribution is 2.44. The zero-order valence-electron chi connectivity index (χ0n) is 12.7. The molecule has 0 bridgehead atoms. The summed E-state index contributed by atoms with van der Waals surface area (Å²) < 4.78 is 0. The lowest BCUT2D eigenvalue weighted by Crippen LogP contribution is -2.53. The van der Waals surface area contributed by atoms with Gasteiger partial charge in [0, 0.05) is 18.6 Å². The van der Waals surface area contributed by atoms with Gasteiger partial charge in [-0.1, -0.05) is 37.6 Å². The van der Waals surface area contributed by atoms with Gasteiger partial charge in [-0.25, -0.2) is 0 Å². The van der Waals surface area contributed by atoms with Gasteiger partial charge in [-0.3, -0.25) is 19.3 Å². The minimum Gasteiger partial charge on any atom is -0.297 e. The van der Waals surface area contributed by atoms with E-state index in [0.717, 1.165) is 24.0 Å². The Kier molecular flexibility index (Phi) is 3.69. The zero-order chi connectivity index (χ0) is 15.7. The first-order valence-corrected chi connectivity index (χ1v) is 7.79. The predicted octanol–water partition coefficient (Wildman–Crippen LogP) is 2.51. The number of unbranched alkanes of at least 4 members (excludes halogenated alkanes) is 1. The van der Waals surface area contributed by atoms with Crippen LogP contribution in [0.5, 0.6) is 0 Å². The highest BCUT2D eigenvalue weighted by Gasteiger charge is 2.53. The number of hydrogen-bond donors (Lipinski definition) is 0. The van der Waals surface area contributed by atoms with Gasteiger partial charge in [-0.15, -0.1) is 0 Å². The Balaban J connectivity index is 2.11. The number of hydrogen-bond acceptors (Lipinski definition) is 3. The number of carbonyl (C=O) groups excluding carboxylic acids is 3. The Morgan fingerprint density at radius 1 is 1.18 bits per heavy atom. The second-order valence-electron chi connectivity index (χ2n) is 5.89. The average Bonchev–Trinajstić information content (AvgIpc) is 3.06. The van der Waals surface area contributed by atoms with Crippen LogP contribution < -0.4 is 0 Å². The third-order valence-electron chi connectivity index (χ3n) is 4.63. The summed E-state index contributed by atoms with van der Waals surface area (Å²) in [7, 11) is 0. The van der Waals surface area contributed by atoms with Crippen molar-refractivity contribution in [1.82, 2.24) is 4.90 Å². The van der Waals surface area contributed by atoms with Crippen molar-refractivity contribution in [3.05, 3.63) is 47.5 Å². The number of ketones is 1. The van der Waals surface area contributed by atoms with Crippen molar-refractivity contribution in [3.8, 4) is 0 Å². The fourth-order valence-corrected chi connectivity index (χ4v) is 3.56. The Morgan fingerprint density at radius 2 is 1.86 bits per heavy atom. The van der Waals surface area contributed by atoms with E-state index in [4.69, 9.17) is 0 Å². The number of rotatable bonds is 5. The summed E-state index contributed by atoms with van der Waals surface area (Å²) in [6.07, 6.45) is 5.80. The molecule has 1 aromatic carbocycles. The molecule has 0 saturated heterocycles. The first-order chi connectivity index (χ1) is 10.6. The van der Waals surface area contributed by atoms with Crippen molar-refractivity contribution < 1.29 is 14.4 Å². The van der Waals surface area contributed by atoms with E-state index in [2.05, 4.69) is 0 Å². The molecule has 1 aromatic rings. The van der Waals surface area contributed by atoms with Crippen molar-refractivity contribution in [2.24, 2.45) is 0 Å². The van der Waals surface area contributed by atoms with Crippen LogP contribution in [0.3, 0.4) is 0 Å². The third-order valence-corrected chi connectivity index (χ3v) is 4.63. The molecule has 1 aliphatic carbocycles. The second-order valence-corrected chi connectivity index (χ2v) is 5.89. The van der Waals surface area contributed by atoms with Crippen LogP contribution in [0.25, 0.3) is 0 Å². The van der Waals surface area contributed by atoms with Gasteiger partial charge >= 0.3 is 0 Å². The van der Waals surface area contributed by atoms with E-state index in [9.17, 15) is 14.4 Å². The average molecular weight is 297 g/mol. The summed E-state index contributed by atoms with van der Waals surface area (Å²) in [6.45, 7) is 2.02. The minimum absolute atomic E-state index is 0.0234. The maximum absolute atomic E-state index is 13.0. The molecule has 1 aliphatic heterocycles. The first kappa shape index (κ1) is 14.7. The fourth-order valence-electron chi connectivity index (χ4n) is 3.56. The largest absolute Gasteiger partial charge is 0.297 e. The normalized spacial score (nSPS) is 23.2. The summed E-state index contributed by atoms with van der Waals surface area (Å²) in [5.74, 6) is -0.789. The number of benzene rings is 1. The number of amides is 2. The van der Waals surface area contributed by atoms with Crippen molar-refractivity contribution in [3.63, 3.8) is 0 Å². The van der Waals surface area contributed by atoms with E-state index in [0.29, 0.717) is 19.3 Å². The number of fused-ring (bicyclic) bond motifs is 1. The molecular weight excluding hydrogens is 278 g/mol. The molecule has 1 unspecified atom stereocenters. The van der Waals surface area contributed by atoms with Crippen molar-refractivity contribution in [2.75, 3.05) is 0 Å². The molecular formula is C18H19NO3. The molecule has 1 heterocycles. The van der Waals surface area contributed by atoms with E-state index in [1.54, 1.807) is 0 Å². The first-order valence-electron chi connectivity index (χ1n) is 7.79. The highest BCUT2D eigenvalue weighted by atomic mass is 16.2. The number of carbonyl (C=O) groups is 3. The molecule has 0 fully saturated rings. The summed E-state index contributed by atoms with van der Waals surface area (Å²) >= 11 is 0. The lowest BCUT2D eigenvalue weighted by atomic mass is 9.83. The van der Waals surface area contributed by atoms with Crippen LogP contribution in [0.4, 0.5) is 0 Å². The zero-order valence-corrected chi connectivity index (χ0v) is 12.7. The van der Waals surface area contributed by atoms with Crippen LogP contribution in [0.15, 0.2) is 36.4 Å². The molecule has 2 amide bonds. The van der Waals surface area contributed by atoms with Gasteiger partial charge in [0.1, 0.15) is 5.54 Å². The van der Waals surface area contributed by atoms with Crippen LogP contribution in [-0.4, -0.2) is 22.5 Å². The van der Waals surface area contributed by atoms with Gasteiger partial charge < -0.3 is 0 Å². The summed E-state index contributed by atoms with van der Waals surface area (Å²) in [4.78, 5) is 38.6. The van der Waals surface area contributed by atoms with Gasteiger partial charge in [0.2, 0.25) is 0 Å². The quantitative estimate of drug-likeness (QED) is 0.785. The Bertz CT molecular complexity index is 659. The van der Waals surface area contributed by atoms with Crippen LogP contribution in [0.2, 0.25) is 0 Å². The molecule has 0 radical (unpaired) electrons. The van der Waals surface area contributed by atoms with E-state index in [1.165, 1.54) is 17.1 Å².